The molecule has 1 aromatic rings. The summed E-state index contributed by atoms with van der Waals surface area (Å²) in [5.41, 5.74) is 2.29. The first-order valence-corrected chi connectivity index (χ1v) is 8.08. The van der Waals surface area contributed by atoms with E-state index in [0.717, 1.165) is 5.66 Å². The first kappa shape index (κ1) is 13.1. The molecule has 0 heterocycles. The summed E-state index contributed by atoms with van der Waals surface area (Å²) in [4.78, 5) is 0. The van der Waals surface area contributed by atoms with E-state index in [4.69, 9.17) is 0 Å². The van der Waals surface area contributed by atoms with Crippen LogP contribution in [0, 0.1) is 6.92 Å². The lowest BCUT2D eigenvalue weighted by molar-refractivity contribution is 0.624. The van der Waals surface area contributed by atoms with Crippen LogP contribution < -0.4 is 5.30 Å². The lowest BCUT2D eigenvalue weighted by Gasteiger charge is -2.15. The summed E-state index contributed by atoms with van der Waals surface area (Å²) in [6, 6.07) is 9.11. The molecular weight excluding hydrogens is 223 g/mol. The molecule has 1 aromatic carbocycles. The van der Waals surface area contributed by atoms with Crippen molar-refractivity contribution in [2.45, 2.75) is 63.9 Å². The van der Waals surface area contributed by atoms with Crippen LogP contribution in [0.3, 0.4) is 0 Å². The quantitative estimate of drug-likeness (QED) is 0.640. The molecule has 1 aliphatic rings. The minimum Gasteiger partial charge on any atom is -0.0587 e. The summed E-state index contributed by atoms with van der Waals surface area (Å²) in [5, 5.41) is 1.51. The second-order valence-electron chi connectivity index (χ2n) is 5.32. The third-order valence-electron chi connectivity index (χ3n) is 3.69. The molecule has 0 unspecified atom stereocenters. The number of aryl methyl sites for hydroxylation is 1. The zero-order valence-electron chi connectivity index (χ0n) is 11.0. The summed E-state index contributed by atoms with van der Waals surface area (Å²) in [7, 11) is 1.57. The zero-order chi connectivity index (χ0) is 11.9. The van der Waals surface area contributed by atoms with Crippen molar-refractivity contribution in [2.75, 3.05) is 0 Å². The van der Waals surface area contributed by atoms with Crippen LogP contribution in [0.1, 0.15) is 56.9 Å². The van der Waals surface area contributed by atoms with Crippen LogP contribution in [0.25, 0.3) is 0 Å². The molecule has 0 aliphatic heterocycles. The standard InChI is InChI=1S/C16H24P/c1-14-10-12-16(13-11-14)17-15-8-6-4-2-3-5-7-9-15/h10-13,15H,2-9H2,1H3. The molecule has 1 radical (unpaired) electrons. The van der Waals surface area contributed by atoms with Gasteiger partial charge in [-0.05, 0) is 39.3 Å². The van der Waals surface area contributed by atoms with E-state index in [1.165, 1.54) is 62.2 Å². The molecule has 1 heteroatoms. The highest BCUT2D eigenvalue weighted by Crippen LogP contribution is 2.30. The maximum atomic E-state index is 2.31. The highest BCUT2D eigenvalue weighted by atomic mass is 31.1. The molecule has 1 fully saturated rings. The molecule has 2 rings (SSSR count). The SMILES string of the molecule is Cc1ccc([P]C2CCCCCCCC2)cc1. The average Bonchev–Trinajstić information content (AvgIpc) is 2.46. The molecule has 0 saturated heterocycles. The second-order valence-corrected chi connectivity index (χ2v) is 6.82. The molecule has 0 aromatic heterocycles. The van der Waals surface area contributed by atoms with E-state index in [1.54, 1.807) is 8.58 Å². The third kappa shape index (κ3) is 4.80. The van der Waals surface area contributed by atoms with Gasteiger partial charge < -0.3 is 0 Å². The van der Waals surface area contributed by atoms with Gasteiger partial charge >= 0.3 is 0 Å². The van der Waals surface area contributed by atoms with Gasteiger partial charge in [-0.15, -0.1) is 0 Å². The fourth-order valence-corrected chi connectivity index (χ4v) is 3.95. The van der Waals surface area contributed by atoms with Crippen LogP contribution in [-0.2, 0) is 0 Å². The Hall–Kier alpha value is -0.350. The van der Waals surface area contributed by atoms with Crippen molar-refractivity contribution in [1.29, 1.82) is 0 Å². The topological polar surface area (TPSA) is 0 Å². The van der Waals surface area contributed by atoms with E-state index < -0.39 is 0 Å². The fourth-order valence-electron chi connectivity index (χ4n) is 2.58. The van der Waals surface area contributed by atoms with Crippen LogP contribution in [0.2, 0.25) is 0 Å². The van der Waals surface area contributed by atoms with Crippen molar-refractivity contribution >= 4 is 13.9 Å². The largest absolute Gasteiger partial charge is 0.0587 e. The molecule has 1 saturated carbocycles. The fraction of sp³-hybridized carbons (Fsp3) is 0.625. The van der Waals surface area contributed by atoms with Crippen LogP contribution in [0.5, 0.6) is 0 Å². The maximum absolute atomic E-state index is 2.31. The van der Waals surface area contributed by atoms with Gasteiger partial charge in [-0.3, -0.25) is 0 Å². The highest BCUT2D eigenvalue weighted by molar-refractivity contribution is 7.48. The number of benzene rings is 1. The molecular formula is C16H24P. The van der Waals surface area contributed by atoms with Crippen molar-refractivity contribution in [3.8, 4) is 0 Å². The van der Waals surface area contributed by atoms with Gasteiger partial charge in [0.1, 0.15) is 0 Å². The molecule has 0 amide bonds. The van der Waals surface area contributed by atoms with Gasteiger partial charge in [-0.2, -0.15) is 0 Å². The first-order valence-electron chi connectivity index (χ1n) is 7.12. The number of hydrogen-bond donors (Lipinski definition) is 0. The van der Waals surface area contributed by atoms with Gasteiger partial charge in [0.05, 0.1) is 0 Å². The Kier molecular flexibility index (Phi) is 5.52. The van der Waals surface area contributed by atoms with E-state index >= 15 is 0 Å². The summed E-state index contributed by atoms with van der Waals surface area (Å²) in [5.74, 6) is 0. The Labute approximate surface area is 108 Å². The second kappa shape index (κ2) is 7.17. The van der Waals surface area contributed by atoms with Gasteiger partial charge in [0, 0.05) is 0 Å². The number of hydrogen-bond acceptors (Lipinski definition) is 0. The van der Waals surface area contributed by atoms with Gasteiger partial charge in [0.25, 0.3) is 0 Å². The van der Waals surface area contributed by atoms with Crippen molar-refractivity contribution < 1.29 is 0 Å². The molecule has 0 nitrogen and oxygen atoms in total. The van der Waals surface area contributed by atoms with E-state index in [2.05, 4.69) is 31.2 Å². The van der Waals surface area contributed by atoms with Crippen LogP contribution in [-0.4, -0.2) is 5.66 Å². The summed E-state index contributed by atoms with van der Waals surface area (Å²) < 4.78 is 0. The molecule has 93 valence electrons. The van der Waals surface area contributed by atoms with E-state index in [1.807, 2.05) is 0 Å². The van der Waals surface area contributed by atoms with Crippen LogP contribution in [0.4, 0.5) is 0 Å². The van der Waals surface area contributed by atoms with Gasteiger partial charge in [-0.1, -0.05) is 68.4 Å². The molecule has 0 atom stereocenters. The normalized spacial score (nSPS) is 20.1. The molecule has 0 bridgehead atoms. The zero-order valence-corrected chi connectivity index (χ0v) is 11.9. The van der Waals surface area contributed by atoms with E-state index in [-0.39, 0.29) is 0 Å². The average molecular weight is 247 g/mol. The highest BCUT2D eigenvalue weighted by Gasteiger charge is 2.11. The van der Waals surface area contributed by atoms with Crippen molar-refractivity contribution in [3.63, 3.8) is 0 Å². The van der Waals surface area contributed by atoms with E-state index in [0.29, 0.717) is 0 Å². The molecule has 0 N–H and O–H groups in total. The summed E-state index contributed by atoms with van der Waals surface area (Å²) in [6.07, 6.45) is 11.6. The Balaban J connectivity index is 1.88. The lowest BCUT2D eigenvalue weighted by Crippen LogP contribution is -2.06. The van der Waals surface area contributed by atoms with Crippen molar-refractivity contribution in [2.24, 2.45) is 0 Å². The minimum atomic E-state index is 0.913. The Morgan fingerprint density at radius 3 is 1.94 bits per heavy atom. The smallest absolute Gasteiger partial charge is 0.0127 e. The molecule has 0 spiro atoms. The van der Waals surface area contributed by atoms with E-state index in [9.17, 15) is 0 Å². The summed E-state index contributed by atoms with van der Waals surface area (Å²) >= 11 is 0. The number of rotatable bonds is 2. The van der Waals surface area contributed by atoms with Gasteiger partial charge in [0.2, 0.25) is 0 Å². The van der Waals surface area contributed by atoms with Crippen LogP contribution >= 0.6 is 8.58 Å². The lowest BCUT2D eigenvalue weighted by atomic mass is 10.1. The van der Waals surface area contributed by atoms with Crippen LogP contribution in [0.15, 0.2) is 24.3 Å². The van der Waals surface area contributed by atoms with Gasteiger partial charge in [0.15, 0.2) is 0 Å². The van der Waals surface area contributed by atoms with Crippen molar-refractivity contribution in [3.05, 3.63) is 29.8 Å². The van der Waals surface area contributed by atoms with Crippen molar-refractivity contribution in [1.82, 2.24) is 0 Å². The molecule has 1 aliphatic carbocycles. The summed E-state index contributed by atoms with van der Waals surface area (Å²) in [6.45, 7) is 2.17. The Morgan fingerprint density at radius 1 is 0.824 bits per heavy atom. The third-order valence-corrected chi connectivity index (χ3v) is 5.17. The minimum absolute atomic E-state index is 0.913. The van der Waals surface area contributed by atoms with Gasteiger partial charge in [-0.25, -0.2) is 0 Å². The predicted octanol–water partition coefficient (Wildman–Crippen LogP) is 5.07. The Morgan fingerprint density at radius 2 is 1.35 bits per heavy atom. The molecule has 17 heavy (non-hydrogen) atoms. The predicted molar refractivity (Wildman–Crippen MR) is 78.5 cm³/mol. The Bertz CT molecular complexity index is 305. The maximum Gasteiger partial charge on any atom is -0.0127 e. The monoisotopic (exact) mass is 247 g/mol. The first-order chi connectivity index (χ1) is 8.34.